The molecule has 1 amide bonds. The van der Waals surface area contributed by atoms with Crippen LogP contribution >= 0.6 is 27.5 Å². The fraction of sp³-hybridized carbons (Fsp3) is 0.133. The van der Waals surface area contributed by atoms with Gasteiger partial charge in [0.15, 0.2) is 0 Å². The van der Waals surface area contributed by atoms with E-state index in [9.17, 15) is 4.79 Å². The van der Waals surface area contributed by atoms with E-state index in [1.807, 2.05) is 24.3 Å². The highest BCUT2D eigenvalue weighted by Gasteiger charge is 2.10. The van der Waals surface area contributed by atoms with Gasteiger partial charge in [-0.05, 0) is 45.8 Å². The predicted octanol–water partition coefficient (Wildman–Crippen LogP) is 4.45. The number of anilines is 1. The minimum atomic E-state index is -0.189. The molecule has 20 heavy (non-hydrogen) atoms. The van der Waals surface area contributed by atoms with E-state index in [2.05, 4.69) is 21.2 Å². The van der Waals surface area contributed by atoms with Gasteiger partial charge in [0.05, 0.1) is 11.6 Å². The highest BCUT2D eigenvalue weighted by molar-refractivity contribution is 9.10. The predicted molar refractivity (Wildman–Crippen MR) is 84.6 cm³/mol. The molecule has 2 rings (SSSR count). The number of amides is 1. The van der Waals surface area contributed by atoms with Gasteiger partial charge in [-0.25, -0.2) is 0 Å². The Morgan fingerprint density at radius 2 is 2.05 bits per heavy atom. The average molecular weight is 355 g/mol. The molecule has 104 valence electrons. The molecule has 0 spiro atoms. The number of halogens is 2. The molecule has 0 heterocycles. The summed E-state index contributed by atoms with van der Waals surface area (Å²) in [5, 5.41) is 2.86. The van der Waals surface area contributed by atoms with Gasteiger partial charge in [-0.3, -0.25) is 4.79 Å². The first-order valence-electron chi connectivity index (χ1n) is 5.94. The molecule has 0 unspecified atom stereocenters. The van der Waals surface area contributed by atoms with Gasteiger partial charge in [0.2, 0.25) is 0 Å². The summed E-state index contributed by atoms with van der Waals surface area (Å²) in [5.41, 5.74) is 2.15. The first-order chi connectivity index (χ1) is 9.65. The number of nitrogens with one attached hydrogen (secondary N) is 1. The maximum Gasteiger partial charge on any atom is 0.255 e. The Labute approximate surface area is 131 Å². The summed E-state index contributed by atoms with van der Waals surface area (Å²) in [4.78, 5) is 12.2. The molecule has 2 aromatic carbocycles. The summed E-state index contributed by atoms with van der Waals surface area (Å²) >= 11 is 9.21. The molecule has 0 fully saturated rings. The summed E-state index contributed by atoms with van der Waals surface area (Å²) in [5.74, 6) is 0.844. The molecular formula is C15H13BrClNO2. The monoisotopic (exact) mass is 353 g/mol. The lowest BCUT2D eigenvalue weighted by Gasteiger charge is -2.10. The summed E-state index contributed by atoms with van der Waals surface area (Å²) in [6.45, 7) is 0. The van der Waals surface area contributed by atoms with Crippen LogP contribution in [0.3, 0.4) is 0 Å². The number of hydrogen-bond donors (Lipinski definition) is 1. The quantitative estimate of drug-likeness (QED) is 0.824. The van der Waals surface area contributed by atoms with Crippen LogP contribution in [0.4, 0.5) is 5.69 Å². The second-order valence-corrected chi connectivity index (χ2v) is 5.22. The van der Waals surface area contributed by atoms with Crippen molar-refractivity contribution in [3.63, 3.8) is 0 Å². The molecule has 0 aliphatic carbocycles. The smallest absolute Gasteiger partial charge is 0.255 e. The standard InChI is InChI=1S/C15H13BrClNO2/c1-20-14-7-6-10(8-12(14)16)15(19)18-13-5-3-2-4-11(13)9-17/h2-8H,9H2,1H3,(H,18,19). The topological polar surface area (TPSA) is 38.3 Å². The average Bonchev–Trinajstić information content (AvgIpc) is 2.47. The maximum atomic E-state index is 12.2. The van der Waals surface area contributed by atoms with Crippen molar-refractivity contribution >= 4 is 39.1 Å². The molecule has 0 atom stereocenters. The third-order valence-corrected chi connectivity index (χ3v) is 3.73. The third-order valence-electron chi connectivity index (χ3n) is 2.82. The Kier molecular flexibility index (Phi) is 5.04. The largest absolute Gasteiger partial charge is 0.496 e. The zero-order valence-corrected chi connectivity index (χ0v) is 13.2. The second-order valence-electron chi connectivity index (χ2n) is 4.09. The Balaban J connectivity index is 2.22. The molecule has 0 bridgehead atoms. The summed E-state index contributed by atoms with van der Waals surface area (Å²) < 4.78 is 5.87. The van der Waals surface area contributed by atoms with E-state index >= 15 is 0 Å². The van der Waals surface area contributed by atoms with Crippen LogP contribution in [0.5, 0.6) is 5.75 Å². The maximum absolute atomic E-state index is 12.2. The van der Waals surface area contributed by atoms with Crippen molar-refractivity contribution in [2.45, 2.75) is 5.88 Å². The van der Waals surface area contributed by atoms with E-state index in [-0.39, 0.29) is 5.91 Å². The molecule has 3 nitrogen and oxygen atoms in total. The van der Waals surface area contributed by atoms with Gasteiger partial charge >= 0.3 is 0 Å². The molecular weight excluding hydrogens is 342 g/mol. The number of alkyl halides is 1. The molecule has 5 heteroatoms. The van der Waals surface area contributed by atoms with E-state index < -0.39 is 0 Å². The SMILES string of the molecule is COc1ccc(C(=O)Nc2ccccc2CCl)cc1Br. The summed E-state index contributed by atoms with van der Waals surface area (Å²) in [7, 11) is 1.58. The fourth-order valence-corrected chi connectivity index (χ4v) is 2.53. The molecule has 0 aliphatic heterocycles. The van der Waals surface area contributed by atoms with Gasteiger partial charge in [0.1, 0.15) is 5.75 Å². The van der Waals surface area contributed by atoms with E-state index in [0.717, 1.165) is 15.7 Å². The molecule has 0 aliphatic rings. The third kappa shape index (κ3) is 3.32. The molecule has 2 aromatic rings. The molecule has 0 saturated carbocycles. The molecule has 0 radical (unpaired) electrons. The number of benzene rings is 2. The fourth-order valence-electron chi connectivity index (χ4n) is 1.76. The zero-order valence-electron chi connectivity index (χ0n) is 10.8. The van der Waals surface area contributed by atoms with Crippen molar-refractivity contribution in [2.75, 3.05) is 12.4 Å². The van der Waals surface area contributed by atoms with Gasteiger partial charge in [-0.1, -0.05) is 18.2 Å². The Morgan fingerprint density at radius 3 is 2.70 bits per heavy atom. The minimum Gasteiger partial charge on any atom is -0.496 e. The van der Waals surface area contributed by atoms with E-state index in [4.69, 9.17) is 16.3 Å². The first kappa shape index (κ1) is 14.9. The van der Waals surface area contributed by atoms with Crippen molar-refractivity contribution in [3.05, 3.63) is 58.1 Å². The number of ether oxygens (including phenoxy) is 1. The van der Waals surface area contributed by atoms with Crippen LogP contribution in [0.15, 0.2) is 46.9 Å². The lowest BCUT2D eigenvalue weighted by molar-refractivity contribution is 0.102. The number of methoxy groups -OCH3 is 1. The van der Waals surface area contributed by atoms with Crippen molar-refractivity contribution < 1.29 is 9.53 Å². The van der Waals surface area contributed by atoms with Crippen molar-refractivity contribution in [1.29, 1.82) is 0 Å². The van der Waals surface area contributed by atoms with E-state index in [1.165, 1.54) is 0 Å². The Morgan fingerprint density at radius 1 is 1.30 bits per heavy atom. The van der Waals surface area contributed by atoms with Gasteiger partial charge in [-0.15, -0.1) is 11.6 Å². The Bertz CT molecular complexity index is 631. The van der Waals surface area contributed by atoms with Crippen LogP contribution in [0, 0.1) is 0 Å². The van der Waals surface area contributed by atoms with Gasteiger partial charge in [-0.2, -0.15) is 0 Å². The van der Waals surface area contributed by atoms with E-state index in [1.54, 1.807) is 25.3 Å². The van der Waals surface area contributed by atoms with Crippen LogP contribution in [0.2, 0.25) is 0 Å². The summed E-state index contributed by atoms with van der Waals surface area (Å²) in [6.07, 6.45) is 0. The molecule has 0 aromatic heterocycles. The van der Waals surface area contributed by atoms with Crippen molar-refractivity contribution in [2.24, 2.45) is 0 Å². The van der Waals surface area contributed by atoms with Crippen LogP contribution in [-0.4, -0.2) is 13.0 Å². The lowest BCUT2D eigenvalue weighted by atomic mass is 10.1. The highest BCUT2D eigenvalue weighted by Crippen LogP contribution is 2.26. The van der Waals surface area contributed by atoms with Crippen LogP contribution in [-0.2, 0) is 5.88 Å². The lowest BCUT2D eigenvalue weighted by Crippen LogP contribution is -2.13. The number of carbonyl (C=O) groups excluding carboxylic acids is 1. The number of para-hydroxylation sites is 1. The molecule has 0 saturated heterocycles. The normalized spacial score (nSPS) is 10.2. The van der Waals surface area contributed by atoms with Crippen molar-refractivity contribution in [1.82, 2.24) is 0 Å². The highest BCUT2D eigenvalue weighted by atomic mass is 79.9. The van der Waals surface area contributed by atoms with Gasteiger partial charge < -0.3 is 10.1 Å². The van der Waals surface area contributed by atoms with Crippen LogP contribution in [0.25, 0.3) is 0 Å². The molecule has 1 N–H and O–H groups in total. The zero-order chi connectivity index (χ0) is 14.5. The second kappa shape index (κ2) is 6.77. The number of hydrogen-bond acceptors (Lipinski definition) is 2. The number of carbonyl (C=O) groups is 1. The minimum absolute atomic E-state index is 0.189. The first-order valence-corrected chi connectivity index (χ1v) is 7.27. The van der Waals surface area contributed by atoms with Gasteiger partial charge in [0, 0.05) is 17.1 Å². The number of rotatable bonds is 4. The summed E-state index contributed by atoms with van der Waals surface area (Å²) in [6, 6.07) is 12.6. The van der Waals surface area contributed by atoms with Gasteiger partial charge in [0.25, 0.3) is 5.91 Å². The van der Waals surface area contributed by atoms with Crippen LogP contribution in [0.1, 0.15) is 15.9 Å². The Hall–Kier alpha value is -1.52. The van der Waals surface area contributed by atoms with Crippen LogP contribution < -0.4 is 10.1 Å². The van der Waals surface area contributed by atoms with Crippen molar-refractivity contribution in [3.8, 4) is 5.75 Å². The van der Waals surface area contributed by atoms with E-state index in [0.29, 0.717) is 17.2 Å².